The molecule has 4 aliphatic rings. The molecule has 1 aromatic carbocycles. The van der Waals surface area contributed by atoms with Crippen molar-refractivity contribution in [3.05, 3.63) is 40.5 Å². The smallest absolute Gasteiger partial charge is 0.330 e. The van der Waals surface area contributed by atoms with Gasteiger partial charge in [0.05, 0.1) is 38.5 Å². The zero-order valence-corrected chi connectivity index (χ0v) is 29.3. The van der Waals surface area contributed by atoms with E-state index in [-0.39, 0.29) is 52.1 Å². The molecule has 0 N–H and O–H groups in total. The second kappa shape index (κ2) is 14.0. The third kappa shape index (κ3) is 6.12. The summed E-state index contributed by atoms with van der Waals surface area (Å²) in [6.07, 6.45) is 6.29. The predicted octanol–water partition coefficient (Wildman–Crippen LogP) is 3.91. The van der Waals surface area contributed by atoms with Gasteiger partial charge in [-0.3, -0.25) is 19.4 Å². The van der Waals surface area contributed by atoms with Crippen molar-refractivity contribution in [1.82, 2.24) is 24.7 Å². The number of halogens is 2. The molecule has 5 heterocycles. The molecule has 258 valence electrons. The van der Waals surface area contributed by atoms with Crippen LogP contribution in [-0.4, -0.2) is 122 Å². The Balaban J connectivity index is 1.32. The van der Waals surface area contributed by atoms with Gasteiger partial charge in [0.25, 0.3) is 0 Å². The van der Waals surface area contributed by atoms with Gasteiger partial charge in [0, 0.05) is 57.0 Å². The fraction of sp³-hybridized carbons (Fsp3) is 0.545. The quantitative estimate of drug-likeness (QED) is 0.414. The Morgan fingerprint density at radius 3 is 2.27 bits per heavy atom. The van der Waals surface area contributed by atoms with E-state index in [4.69, 9.17) is 42.6 Å². The van der Waals surface area contributed by atoms with Crippen LogP contribution in [0.5, 0.6) is 11.5 Å². The van der Waals surface area contributed by atoms with Gasteiger partial charge in [0.1, 0.15) is 27.4 Å². The number of likely N-dealkylation sites (tertiary alicyclic amines) is 2. The number of nitrogens with zero attached hydrogens (tertiary/aromatic N) is 8. The maximum absolute atomic E-state index is 13.9. The van der Waals surface area contributed by atoms with Crippen molar-refractivity contribution in [2.75, 3.05) is 82.3 Å². The Morgan fingerprint density at radius 2 is 1.62 bits per heavy atom. The van der Waals surface area contributed by atoms with E-state index in [1.807, 2.05) is 9.80 Å². The van der Waals surface area contributed by atoms with Crippen LogP contribution in [0, 0.1) is 5.92 Å². The molecule has 13 nitrogen and oxygen atoms in total. The lowest BCUT2D eigenvalue weighted by atomic mass is 9.96. The van der Waals surface area contributed by atoms with E-state index in [9.17, 15) is 14.4 Å². The van der Waals surface area contributed by atoms with Gasteiger partial charge in [-0.15, -0.1) is 0 Å². The predicted molar refractivity (Wildman–Crippen MR) is 184 cm³/mol. The first-order valence-electron chi connectivity index (χ1n) is 16.3. The Bertz CT molecular complexity index is 1570. The van der Waals surface area contributed by atoms with Crippen LogP contribution >= 0.6 is 23.2 Å². The number of methoxy groups -OCH3 is 2. The van der Waals surface area contributed by atoms with Gasteiger partial charge < -0.3 is 29.1 Å². The first-order valence-corrected chi connectivity index (χ1v) is 17.0. The van der Waals surface area contributed by atoms with Crippen molar-refractivity contribution in [3.63, 3.8) is 0 Å². The Hall–Kier alpha value is -3.81. The van der Waals surface area contributed by atoms with Crippen LogP contribution in [0.3, 0.4) is 0 Å². The number of rotatable bonds is 6. The maximum Gasteiger partial charge on any atom is 0.330 e. The summed E-state index contributed by atoms with van der Waals surface area (Å²) in [5, 5.41) is 0.355. The highest BCUT2D eigenvalue weighted by atomic mass is 35.5. The molecule has 0 bridgehead atoms. The number of carbonyl (C=O) groups excluding carboxylic acids is 3. The lowest BCUT2D eigenvalue weighted by Crippen LogP contribution is -2.55. The molecule has 3 saturated heterocycles. The van der Waals surface area contributed by atoms with Gasteiger partial charge in [-0.2, -0.15) is 4.98 Å². The molecule has 3 fully saturated rings. The highest BCUT2D eigenvalue weighted by molar-refractivity contribution is 6.42. The Kier molecular flexibility index (Phi) is 9.91. The number of amides is 4. The standard InChI is InChI=1S/C33H42Cl2N8O5/c1-6-26(44)41-11-7-8-12-42(23-19-40(18-22(23)41)31(45)20-9-13-38(2)14-10-20)32-36-16-21-17-43(33(46)39(3)30(21)37-32)29-27(34)24(47-4)15-25(48-5)28(29)35/h6,15-16,20,22-23H,1,7-14,17-19H2,2-5H3. The maximum atomic E-state index is 13.9. The molecule has 2 aromatic rings. The minimum absolute atomic E-state index is 0.0307. The van der Waals surface area contributed by atoms with Crippen LogP contribution in [-0.2, 0) is 16.1 Å². The van der Waals surface area contributed by atoms with Crippen molar-refractivity contribution in [3.8, 4) is 11.5 Å². The molecule has 0 radical (unpaired) electrons. The van der Waals surface area contributed by atoms with E-state index < -0.39 is 6.03 Å². The molecule has 0 spiro atoms. The van der Waals surface area contributed by atoms with Crippen LogP contribution < -0.4 is 24.2 Å². The van der Waals surface area contributed by atoms with E-state index in [1.54, 1.807) is 19.3 Å². The molecule has 48 heavy (non-hydrogen) atoms. The normalized spacial score (nSPS) is 22.2. The molecule has 2 atom stereocenters. The first-order chi connectivity index (χ1) is 23.1. The third-order valence-corrected chi connectivity index (χ3v) is 10.7. The summed E-state index contributed by atoms with van der Waals surface area (Å²) in [5.74, 6) is 1.49. The van der Waals surface area contributed by atoms with E-state index >= 15 is 0 Å². The largest absolute Gasteiger partial charge is 0.495 e. The number of fused-ring (bicyclic) bond motifs is 2. The average Bonchev–Trinajstić information content (AvgIpc) is 3.51. The van der Waals surface area contributed by atoms with Crippen molar-refractivity contribution < 1.29 is 23.9 Å². The van der Waals surface area contributed by atoms with Crippen LogP contribution in [0.15, 0.2) is 24.9 Å². The van der Waals surface area contributed by atoms with Crippen molar-refractivity contribution in [2.24, 2.45) is 5.92 Å². The highest BCUT2D eigenvalue weighted by Gasteiger charge is 2.46. The van der Waals surface area contributed by atoms with Crippen molar-refractivity contribution in [2.45, 2.75) is 44.3 Å². The summed E-state index contributed by atoms with van der Waals surface area (Å²) in [7, 11) is 6.67. The van der Waals surface area contributed by atoms with E-state index in [2.05, 4.69) is 23.4 Å². The number of hydrogen-bond acceptors (Lipinski definition) is 9. The van der Waals surface area contributed by atoms with E-state index in [0.717, 1.165) is 38.8 Å². The molecule has 4 amide bonds. The fourth-order valence-corrected chi connectivity index (χ4v) is 8.04. The fourth-order valence-electron chi connectivity index (χ4n) is 7.33. The molecular formula is C33H42Cl2N8O5. The van der Waals surface area contributed by atoms with E-state index in [0.29, 0.717) is 55.0 Å². The summed E-state index contributed by atoms with van der Waals surface area (Å²) in [5.41, 5.74) is 0.951. The number of carbonyl (C=O) groups is 3. The van der Waals surface area contributed by atoms with Crippen LogP contribution in [0.25, 0.3) is 0 Å². The second-order valence-corrected chi connectivity index (χ2v) is 13.6. The minimum Gasteiger partial charge on any atom is -0.495 e. The van der Waals surface area contributed by atoms with Gasteiger partial charge >= 0.3 is 6.03 Å². The van der Waals surface area contributed by atoms with Gasteiger partial charge in [-0.25, -0.2) is 9.78 Å². The van der Waals surface area contributed by atoms with Crippen LogP contribution in [0.4, 0.5) is 22.2 Å². The summed E-state index contributed by atoms with van der Waals surface area (Å²) < 4.78 is 10.8. The SMILES string of the molecule is C=CC(=O)N1CCCCN(c2ncc3c(n2)N(C)C(=O)N(c2c(Cl)c(OC)cc(OC)c2Cl)C3)C2CN(C(=O)C3CCN(C)CC3)CC21. The van der Waals surface area contributed by atoms with Gasteiger partial charge in [-0.05, 0) is 51.9 Å². The van der Waals surface area contributed by atoms with Gasteiger partial charge in [0.15, 0.2) is 0 Å². The average molecular weight is 702 g/mol. The summed E-state index contributed by atoms with van der Waals surface area (Å²) in [6.45, 7) is 7.77. The molecule has 0 saturated carbocycles. The van der Waals surface area contributed by atoms with Gasteiger partial charge in [-0.1, -0.05) is 29.8 Å². The monoisotopic (exact) mass is 700 g/mol. The second-order valence-electron chi connectivity index (χ2n) is 12.8. The lowest BCUT2D eigenvalue weighted by molar-refractivity contribution is -0.137. The number of benzene rings is 1. The van der Waals surface area contributed by atoms with Crippen molar-refractivity contribution >= 4 is 58.5 Å². The molecule has 6 rings (SSSR count). The minimum atomic E-state index is -0.393. The Morgan fingerprint density at radius 1 is 0.979 bits per heavy atom. The molecule has 1 aromatic heterocycles. The highest BCUT2D eigenvalue weighted by Crippen LogP contribution is 2.48. The zero-order chi connectivity index (χ0) is 34.3. The Labute approximate surface area is 290 Å². The summed E-state index contributed by atoms with van der Waals surface area (Å²) in [4.78, 5) is 61.6. The molecule has 2 unspecified atom stereocenters. The summed E-state index contributed by atoms with van der Waals surface area (Å²) in [6, 6.07) is 0.690. The molecular weight excluding hydrogens is 659 g/mol. The molecule has 4 aliphatic heterocycles. The number of hydrogen-bond donors (Lipinski definition) is 0. The van der Waals surface area contributed by atoms with Crippen LogP contribution in [0.2, 0.25) is 10.0 Å². The topological polar surface area (TPSA) is 115 Å². The third-order valence-electron chi connectivity index (χ3n) is 10.0. The number of piperidine rings is 1. The van der Waals surface area contributed by atoms with Crippen molar-refractivity contribution in [1.29, 1.82) is 0 Å². The lowest BCUT2D eigenvalue weighted by Gasteiger charge is -2.40. The first kappa shape index (κ1) is 34.1. The zero-order valence-electron chi connectivity index (χ0n) is 27.8. The van der Waals surface area contributed by atoms with Crippen LogP contribution in [0.1, 0.15) is 31.2 Å². The number of ether oxygens (including phenoxy) is 2. The number of aromatic nitrogens is 2. The van der Waals surface area contributed by atoms with E-state index in [1.165, 1.54) is 30.1 Å². The molecule has 0 aliphatic carbocycles. The summed E-state index contributed by atoms with van der Waals surface area (Å²) >= 11 is 13.4. The van der Waals surface area contributed by atoms with Gasteiger partial charge in [0.2, 0.25) is 17.8 Å². The number of anilines is 3. The number of urea groups is 1. The molecule has 15 heteroatoms.